The summed E-state index contributed by atoms with van der Waals surface area (Å²) in [6.07, 6.45) is 4.06. The number of benzene rings is 2. The molecule has 0 saturated heterocycles. The molecule has 2 heteroatoms. The van der Waals surface area contributed by atoms with E-state index in [-0.39, 0.29) is 5.41 Å². The van der Waals surface area contributed by atoms with Gasteiger partial charge in [0.2, 0.25) is 0 Å². The van der Waals surface area contributed by atoms with Crippen LogP contribution in [0.2, 0.25) is 0 Å². The summed E-state index contributed by atoms with van der Waals surface area (Å²) in [5.41, 5.74) is 3.78. The van der Waals surface area contributed by atoms with Crippen LogP contribution in [0.3, 0.4) is 0 Å². The van der Waals surface area contributed by atoms with Crippen molar-refractivity contribution in [2.75, 3.05) is 13.6 Å². The van der Waals surface area contributed by atoms with E-state index < -0.39 is 0 Å². The molecule has 142 valence electrons. The lowest BCUT2D eigenvalue weighted by atomic mass is 9.98. The number of allylic oxidation sites excluding steroid dienone is 1. The predicted octanol–water partition coefficient (Wildman–Crippen LogP) is 5.61. The molecular weight excluding hydrogens is 330 g/mol. The molecule has 2 aromatic carbocycles. The van der Waals surface area contributed by atoms with Gasteiger partial charge in [-0.05, 0) is 69.6 Å². The third kappa shape index (κ3) is 8.15. The van der Waals surface area contributed by atoms with Gasteiger partial charge < -0.3 is 4.74 Å². The number of ether oxygens (including phenoxy) is 1. The molecule has 0 bridgehead atoms. The molecular formula is C25H31NO. The van der Waals surface area contributed by atoms with E-state index in [0.717, 1.165) is 18.8 Å². The Kier molecular flexibility index (Phi) is 7.70. The molecule has 2 nitrogen and oxygen atoms in total. The van der Waals surface area contributed by atoms with Crippen LogP contribution >= 0.6 is 0 Å². The van der Waals surface area contributed by atoms with Gasteiger partial charge in [0.15, 0.2) is 0 Å². The van der Waals surface area contributed by atoms with Gasteiger partial charge in [0, 0.05) is 18.5 Å². The lowest BCUT2D eigenvalue weighted by Crippen LogP contribution is -2.17. The van der Waals surface area contributed by atoms with Crippen molar-refractivity contribution in [3.63, 3.8) is 0 Å². The van der Waals surface area contributed by atoms with Crippen LogP contribution in [0.5, 0.6) is 5.75 Å². The van der Waals surface area contributed by atoms with Crippen LogP contribution in [-0.2, 0) is 13.2 Å². The van der Waals surface area contributed by atoms with E-state index in [0.29, 0.717) is 6.61 Å². The number of hydrogen-bond acceptors (Lipinski definition) is 2. The van der Waals surface area contributed by atoms with Gasteiger partial charge in [-0.1, -0.05) is 54.3 Å². The minimum Gasteiger partial charge on any atom is -0.489 e. The molecule has 0 unspecified atom stereocenters. The fraction of sp³-hybridized carbons (Fsp3) is 0.360. The Morgan fingerprint density at radius 3 is 2.59 bits per heavy atom. The molecule has 2 rings (SSSR count). The van der Waals surface area contributed by atoms with Crippen molar-refractivity contribution >= 4 is 0 Å². The quantitative estimate of drug-likeness (QED) is 0.594. The van der Waals surface area contributed by atoms with Gasteiger partial charge in [-0.3, -0.25) is 4.90 Å². The first kappa shape index (κ1) is 20.8. The molecule has 0 N–H and O–H groups in total. The van der Waals surface area contributed by atoms with E-state index in [4.69, 9.17) is 4.74 Å². The smallest absolute Gasteiger partial charge is 0.120 e. The highest BCUT2D eigenvalue weighted by atomic mass is 16.5. The van der Waals surface area contributed by atoms with Gasteiger partial charge in [0.05, 0.1) is 0 Å². The van der Waals surface area contributed by atoms with E-state index in [2.05, 4.69) is 100 Å². The predicted molar refractivity (Wildman–Crippen MR) is 115 cm³/mol. The van der Waals surface area contributed by atoms with Crippen LogP contribution in [0, 0.1) is 24.2 Å². The molecule has 0 spiro atoms. The first-order valence-electron chi connectivity index (χ1n) is 9.46. The minimum atomic E-state index is 0.0506. The zero-order valence-electron chi connectivity index (χ0n) is 17.3. The first-order valence-corrected chi connectivity index (χ1v) is 9.46. The number of nitrogens with zero attached hydrogens (tertiary/aromatic N) is 1. The summed E-state index contributed by atoms with van der Waals surface area (Å²) in [7, 11) is 2.11. The van der Waals surface area contributed by atoms with Crippen LogP contribution in [0.4, 0.5) is 0 Å². The van der Waals surface area contributed by atoms with Crippen LogP contribution in [0.1, 0.15) is 37.5 Å². The normalized spacial score (nSPS) is 11.5. The van der Waals surface area contributed by atoms with Crippen LogP contribution < -0.4 is 4.74 Å². The van der Waals surface area contributed by atoms with Gasteiger partial charge in [0.25, 0.3) is 0 Å². The number of aryl methyl sites for hydroxylation is 1. The summed E-state index contributed by atoms with van der Waals surface area (Å²) < 4.78 is 5.99. The van der Waals surface area contributed by atoms with Gasteiger partial charge in [-0.25, -0.2) is 0 Å². The largest absolute Gasteiger partial charge is 0.489 e. The fourth-order valence-corrected chi connectivity index (χ4v) is 2.59. The van der Waals surface area contributed by atoms with Gasteiger partial charge in [-0.2, -0.15) is 0 Å². The molecule has 0 fully saturated rings. The molecule has 0 atom stereocenters. The summed E-state index contributed by atoms with van der Waals surface area (Å²) >= 11 is 0. The van der Waals surface area contributed by atoms with E-state index in [1.165, 1.54) is 16.7 Å². The summed E-state index contributed by atoms with van der Waals surface area (Å²) in [6.45, 7) is 10.8. The monoisotopic (exact) mass is 361 g/mol. The number of rotatable bonds is 7. The van der Waals surface area contributed by atoms with Crippen molar-refractivity contribution in [2.45, 2.75) is 40.8 Å². The second kappa shape index (κ2) is 10.00. The number of hydrogen-bond donors (Lipinski definition) is 0. The third-order valence-electron chi connectivity index (χ3n) is 4.07. The summed E-state index contributed by atoms with van der Waals surface area (Å²) in [6, 6.07) is 16.7. The average Bonchev–Trinajstić information content (AvgIpc) is 2.60. The highest BCUT2D eigenvalue weighted by Crippen LogP contribution is 2.17. The van der Waals surface area contributed by atoms with Gasteiger partial charge in [-0.15, -0.1) is 0 Å². The highest BCUT2D eigenvalue weighted by Gasteiger charge is 2.03. The van der Waals surface area contributed by atoms with Crippen molar-refractivity contribution in [1.29, 1.82) is 0 Å². The topological polar surface area (TPSA) is 12.5 Å². The maximum absolute atomic E-state index is 5.99. The second-order valence-electron chi connectivity index (χ2n) is 7.98. The van der Waals surface area contributed by atoms with E-state index in [9.17, 15) is 0 Å². The Hall–Kier alpha value is -2.50. The Bertz CT molecular complexity index is 818. The van der Waals surface area contributed by atoms with Crippen molar-refractivity contribution < 1.29 is 4.74 Å². The fourth-order valence-electron chi connectivity index (χ4n) is 2.59. The first-order chi connectivity index (χ1) is 12.8. The van der Waals surface area contributed by atoms with E-state index in [1.54, 1.807) is 0 Å². The third-order valence-corrected chi connectivity index (χ3v) is 4.07. The van der Waals surface area contributed by atoms with Gasteiger partial charge >= 0.3 is 0 Å². The molecule has 0 aliphatic rings. The molecule has 27 heavy (non-hydrogen) atoms. The summed E-state index contributed by atoms with van der Waals surface area (Å²) in [4.78, 5) is 2.26. The molecule has 0 heterocycles. The maximum Gasteiger partial charge on any atom is 0.120 e. The van der Waals surface area contributed by atoms with Crippen LogP contribution in [0.25, 0.3) is 0 Å². The molecule has 0 radical (unpaired) electrons. The Balaban J connectivity index is 1.86. The molecule has 0 amide bonds. The maximum atomic E-state index is 5.99. The van der Waals surface area contributed by atoms with Crippen molar-refractivity contribution in [1.82, 2.24) is 4.90 Å². The van der Waals surface area contributed by atoms with E-state index >= 15 is 0 Å². The van der Waals surface area contributed by atoms with Crippen molar-refractivity contribution in [3.8, 4) is 17.6 Å². The molecule has 0 aliphatic heterocycles. The van der Waals surface area contributed by atoms with Crippen molar-refractivity contribution in [2.24, 2.45) is 5.41 Å². The zero-order chi connectivity index (χ0) is 19.7. The number of likely N-dealkylation sites (N-methyl/N-ethyl adjacent to an activating group) is 1. The average molecular weight is 362 g/mol. The summed E-state index contributed by atoms with van der Waals surface area (Å²) in [5, 5.41) is 0. The standard InChI is InChI=1S/C25H31NO/c1-21-12-7-8-14-23(21)20-27-24-15-11-13-22(18-24)19-26(5)17-10-6-9-16-25(2,3)4/h6-8,10-15,18H,17,19-20H2,1-5H3/b10-6+. The molecule has 2 aromatic rings. The lowest BCUT2D eigenvalue weighted by molar-refractivity contribution is 0.304. The summed E-state index contributed by atoms with van der Waals surface area (Å²) in [5.74, 6) is 7.24. The van der Waals surface area contributed by atoms with Crippen LogP contribution in [0.15, 0.2) is 60.7 Å². The molecule has 0 aliphatic carbocycles. The molecule has 0 saturated carbocycles. The Morgan fingerprint density at radius 1 is 1.07 bits per heavy atom. The minimum absolute atomic E-state index is 0.0506. The molecule has 0 aromatic heterocycles. The second-order valence-corrected chi connectivity index (χ2v) is 7.98. The van der Waals surface area contributed by atoms with Gasteiger partial charge in [0.1, 0.15) is 12.4 Å². The Labute approximate surface area is 164 Å². The SMILES string of the molecule is Cc1ccccc1COc1cccc(CN(C)C/C=C/C#CC(C)(C)C)c1. The van der Waals surface area contributed by atoms with E-state index in [1.807, 2.05) is 12.1 Å². The van der Waals surface area contributed by atoms with Crippen LogP contribution in [-0.4, -0.2) is 18.5 Å². The van der Waals surface area contributed by atoms with Crippen molar-refractivity contribution in [3.05, 3.63) is 77.4 Å². The zero-order valence-corrected chi connectivity index (χ0v) is 17.3. The highest BCUT2D eigenvalue weighted by molar-refractivity contribution is 5.30. The Morgan fingerprint density at radius 2 is 1.85 bits per heavy atom. The lowest BCUT2D eigenvalue weighted by Gasteiger charge is -2.15.